The first kappa shape index (κ1) is 56.1. The Bertz CT molecular complexity index is 803. The minimum atomic E-state index is -1.09. The zero-order valence-electron chi connectivity index (χ0n) is 38.7. The van der Waals surface area contributed by atoms with Gasteiger partial charge in [-0.1, -0.05) is 283 Å². The Morgan fingerprint density at radius 2 is 0.684 bits per heavy atom. The van der Waals surface area contributed by atoms with Crippen LogP contribution in [0, 0.1) is 0 Å². The van der Waals surface area contributed by atoms with Crippen LogP contribution in [0.1, 0.15) is 290 Å². The van der Waals surface area contributed by atoms with Crippen molar-refractivity contribution in [2.75, 3.05) is 6.61 Å². The summed E-state index contributed by atoms with van der Waals surface area (Å²) in [6.07, 6.45) is 58.7. The Labute approximate surface area is 357 Å². The van der Waals surface area contributed by atoms with Crippen molar-refractivity contribution in [1.29, 1.82) is 0 Å². The number of allylic oxidation sites excluding steroid dienone is 1. The first-order chi connectivity index (χ1) is 28.1. The molecule has 0 heterocycles. The number of nitrogens with one attached hydrogen (secondary N) is 1. The second kappa shape index (κ2) is 47.8. The molecule has 5 heteroatoms. The highest BCUT2D eigenvalue weighted by Gasteiger charge is 2.22. The van der Waals surface area contributed by atoms with Gasteiger partial charge in [0.25, 0.3) is 0 Å². The van der Waals surface area contributed by atoms with Gasteiger partial charge in [0.05, 0.1) is 18.8 Å². The molecule has 3 atom stereocenters. The third-order valence-electron chi connectivity index (χ3n) is 12.4. The molecule has 0 aliphatic rings. The Morgan fingerprint density at radius 1 is 0.421 bits per heavy atom. The lowest BCUT2D eigenvalue weighted by molar-refractivity contribution is -0.131. The minimum Gasteiger partial charge on any atom is -0.394 e. The standard InChI is InChI=1S/C52H103NO4/c1-3-5-7-9-11-13-15-16-17-18-19-20-21-22-23-24-25-26-27-28-29-30-31-32-33-34-35-37-39-41-43-45-47-51(56)52(57)53-49(48-54)50(55)46-44-42-40-38-36-14-12-10-8-6-4-2/h44,46,49-51,54-56H,3-43,45,47-48H2,1-2H3,(H,53,57)/b46-44+. The summed E-state index contributed by atoms with van der Waals surface area (Å²) in [7, 11) is 0. The molecule has 5 nitrogen and oxygen atoms in total. The van der Waals surface area contributed by atoms with E-state index in [1.54, 1.807) is 6.08 Å². The third-order valence-corrected chi connectivity index (χ3v) is 12.4. The molecule has 0 aromatic carbocycles. The maximum Gasteiger partial charge on any atom is 0.249 e. The Balaban J connectivity index is 3.44. The predicted molar refractivity (Wildman–Crippen MR) is 250 cm³/mol. The second-order valence-electron chi connectivity index (χ2n) is 18.1. The van der Waals surface area contributed by atoms with Gasteiger partial charge in [-0.2, -0.15) is 0 Å². The van der Waals surface area contributed by atoms with E-state index in [4.69, 9.17) is 0 Å². The molecule has 0 rings (SSSR count). The highest BCUT2D eigenvalue weighted by Crippen LogP contribution is 2.18. The van der Waals surface area contributed by atoms with Crippen LogP contribution in [-0.4, -0.2) is 46.1 Å². The highest BCUT2D eigenvalue weighted by molar-refractivity contribution is 5.80. The van der Waals surface area contributed by atoms with Crippen molar-refractivity contribution in [3.63, 3.8) is 0 Å². The van der Waals surface area contributed by atoms with Crippen LogP contribution in [0.3, 0.4) is 0 Å². The zero-order valence-corrected chi connectivity index (χ0v) is 38.7. The number of hydrogen-bond donors (Lipinski definition) is 4. The molecule has 0 radical (unpaired) electrons. The Morgan fingerprint density at radius 3 is 0.965 bits per heavy atom. The number of carbonyl (C=O) groups is 1. The Kier molecular flexibility index (Phi) is 47.0. The van der Waals surface area contributed by atoms with Crippen LogP contribution in [0.25, 0.3) is 0 Å². The summed E-state index contributed by atoms with van der Waals surface area (Å²) in [5.74, 6) is -0.499. The summed E-state index contributed by atoms with van der Waals surface area (Å²) < 4.78 is 0. The maximum atomic E-state index is 12.5. The quantitative estimate of drug-likeness (QED) is 0.0364. The molecule has 0 aliphatic heterocycles. The van der Waals surface area contributed by atoms with Gasteiger partial charge in [-0.3, -0.25) is 4.79 Å². The molecule has 0 bridgehead atoms. The lowest BCUT2D eigenvalue weighted by atomic mass is 10.0. The fraction of sp³-hybridized carbons (Fsp3) is 0.942. The number of aliphatic hydroxyl groups excluding tert-OH is 3. The van der Waals surface area contributed by atoms with E-state index in [9.17, 15) is 20.1 Å². The molecule has 1 amide bonds. The number of aliphatic hydroxyl groups is 3. The molecule has 0 spiro atoms. The van der Waals surface area contributed by atoms with Crippen molar-refractivity contribution < 1.29 is 20.1 Å². The van der Waals surface area contributed by atoms with Gasteiger partial charge >= 0.3 is 0 Å². The van der Waals surface area contributed by atoms with Gasteiger partial charge in [0.2, 0.25) is 5.91 Å². The van der Waals surface area contributed by atoms with Gasteiger partial charge < -0.3 is 20.6 Å². The summed E-state index contributed by atoms with van der Waals surface area (Å²) in [5, 5.41) is 33.1. The summed E-state index contributed by atoms with van der Waals surface area (Å²) >= 11 is 0. The van der Waals surface area contributed by atoms with Crippen LogP contribution < -0.4 is 5.32 Å². The highest BCUT2D eigenvalue weighted by atomic mass is 16.3. The van der Waals surface area contributed by atoms with E-state index >= 15 is 0 Å². The van der Waals surface area contributed by atoms with Gasteiger partial charge in [-0.05, 0) is 19.3 Å². The fourth-order valence-corrected chi connectivity index (χ4v) is 8.31. The number of carbonyl (C=O) groups excluding carboxylic acids is 1. The number of rotatable bonds is 48. The normalized spacial score (nSPS) is 13.4. The van der Waals surface area contributed by atoms with E-state index in [1.165, 1.54) is 238 Å². The topological polar surface area (TPSA) is 89.8 Å². The SMILES string of the molecule is CCCCCCCCCCC/C=C/C(O)C(CO)NC(=O)C(O)CCCCCCCCCCCCCCCCCCCCCCCCCCCCCCCCCC. The monoisotopic (exact) mass is 806 g/mol. The van der Waals surface area contributed by atoms with Crippen LogP contribution in [0.2, 0.25) is 0 Å². The van der Waals surface area contributed by atoms with Crippen molar-refractivity contribution in [2.45, 2.75) is 308 Å². The van der Waals surface area contributed by atoms with Crippen LogP contribution in [0.15, 0.2) is 12.2 Å². The molecular weight excluding hydrogens is 703 g/mol. The molecule has 57 heavy (non-hydrogen) atoms. The van der Waals surface area contributed by atoms with Crippen molar-refractivity contribution >= 4 is 5.91 Å². The van der Waals surface area contributed by atoms with Crippen LogP contribution in [0.5, 0.6) is 0 Å². The lowest BCUT2D eigenvalue weighted by Gasteiger charge is -2.21. The fourth-order valence-electron chi connectivity index (χ4n) is 8.31. The number of unbranched alkanes of at least 4 members (excludes halogenated alkanes) is 40. The van der Waals surface area contributed by atoms with E-state index in [2.05, 4.69) is 19.2 Å². The van der Waals surface area contributed by atoms with E-state index < -0.39 is 24.2 Å². The molecule has 0 fully saturated rings. The summed E-state index contributed by atoms with van der Waals surface area (Å²) in [4.78, 5) is 12.5. The van der Waals surface area contributed by atoms with Gasteiger partial charge in [0.1, 0.15) is 6.10 Å². The van der Waals surface area contributed by atoms with E-state index in [1.807, 2.05) is 6.08 Å². The molecule has 0 aromatic rings. The predicted octanol–water partition coefficient (Wildman–Crippen LogP) is 15.6. The lowest BCUT2D eigenvalue weighted by Crippen LogP contribution is -2.48. The average Bonchev–Trinajstić information content (AvgIpc) is 3.22. The van der Waals surface area contributed by atoms with Crippen molar-refractivity contribution in [2.24, 2.45) is 0 Å². The minimum absolute atomic E-state index is 0.359. The summed E-state index contributed by atoms with van der Waals surface area (Å²) in [6, 6.07) is -0.792. The van der Waals surface area contributed by atoms with E-state index in [-0.39, 0.29) is 6.61 Å². The van der Waals surface area contributed by atoms with Gasteiger partial charge in [-0.15, -0.1) is 0 Å². The summed E-state index contributed by atoms with van der Waals surface area (Å²) in [6.45, 7) is 4.19. The van der Waals surface area contributed by atoms with Gasteiger partial charge in [0.15, 0.2) is 0 Å². The largest absolute Gasteiger partial charge is 0.394 e. The first-order valence-electron chi connectivity index (χ1n) is 26.0. The molecule has 340 valence electrons. The van der Waals surface area contributed by atoms with E-state index in [0.29, 0.717) is 6.42 Å². The van der Waals surface area contributed by atoms with Crippen LogP contribution >= 0.6 is 0 Å². The van der Waals surface area contributed by atoms with Crippen molar-refractivity contribution in [3.8, 4) is 0 Å². The summed E-state index contributed by atoms with van der Waals surface area (Å²) in [5.41, 5.74) is 0. The molecule has 0 aromatic heterocycles. The van der Waals surface area contributed by atoms with E-state index in [0.717, 1.165) is 32.1 Å². The molecule has 3 unspecified atom stereocenters. The zero-order chi connectivity index (χ0) is 41.5. The number of hydrogen-bond acceptors (Lipinski definition) is 4. The smallest absolute Gasteiger partial charge is 0.249 e. The molecule has 0 aliphatic carbocycles. The van der Waals surface area contributed by atoms with Gasteiger partial charge in [-0.25, -0.2) is 0 Å². The molecular formula is C52H103NO4. The average molecular weight is 806 g/mol. The number of amides is 1. The first-order valence-corrected chi connectivity index (χ1v) is 26.0. The molecule has 0 saturated heterocycles. The maximum absolute atomic E-state index is 12.5. The van der Waals surface area contributed by atoms with Crippen LogP contribution in [0.4, 0.5) is 0 Å². The van der Waals surface area contributed by atoms with Crippen molar-refractivity contribution in [1.82, 2.24) is 5.32 Å². The van der Waals surface area contributed by atoms with Crippen molar-refractivity contribution in [3.05, 3.63) is 12.2 Å². The van der Waals surface area contributed by atoms with Crippen LogP contribution in [-0.2, 0) is 4.79 Å². The Hall–Kier alpha value is -0.910. The molecule has 4 N–H and O–H groups in total. The van der Waals surface area contributed by atoms with Gasteiger partial charge in [0, 0.05) is 0 Å². The third kappa shape index (κ3) is 43.0. The second-order valence-corrected chi connectivity index (χ2v) is 18.1. The molecule has 0 saturated carbocycles.